The van der Waals surface area contributed by atoms with Crippen LogP contribution in [-0.4, -0.2) is 11.7 Å². The Hall–Kier alpha value is -0.0400. The van der Waals surface area contributed by atoms with Gasteiger partial charge in [-0.1, -0.05) is 47.5 Å². The third-order valence-electron chi connectivity index (χ3n) is 8.57. The van der Waals surface area contributed by atoms with E-state index < -0.39 is 0 Å². The van der Waals surface area contributed by atoms with Crippen LogP contribution in [0.4, 0.5) is 0 Å². The van der Waals surface area contributed by atoms with Crippen molar-refractivity contribution in [2.45, 2.75) is 92.4 Å². The van der Waals surface area contributed by atoms with Crippen molar-refractivity contribution in [2.24, 2.45) is 33.5 Å². The van der Waals surface area contributed by atoms with Gasteiger partial charge in [0.25, 0.3) is 0 Å². The Balaban J connectivity index is 1.98. The highest BCUT2D eigenvalue weighted by atomic mass is 16.3. The van der Waals surface area contributed by atoms with Crippen LogP contribution in [0.5, 0.6) is 0 Å². The van der Waals surface area contributed by atoms with Gasteiger partial charge in [0.2, 0.25) is 0 Å². The van der Waals surface area contributed by atoms with Gasteiger partial charge in [-0.15, -0.1) is 0 Å². The molecule has 3 aliphatic rings. The molecule has 3 fully saturated rings. The molecule has 0 bridgehead atoms. The maximum absolute atomic E-state index is 10.1. The fourth-order valence-corrected chi connectivity index (χ4v) is 7.58. The lowest BCUT2D eigenvalue weighted by Crippen LogP contribution is -2.59. The van der Waals surface area contributed by atoms with Crippen molar-refractivity contribution in [3.8, 4) is 0 Å². The molecule has 22 heavy (non-hydrogen) atoms. The minimum Gasteiger partial charge on any atom is -0.396 e. The lowest BCUT2D eigenvalue weighted by molar-refractivity contribution is -0.178. The molecule has 3 aliphatic carbocycles. The molecule has 1 nitrogen and oxygen atoms in total. The van der Waals surface area contributed by atoms with Crippen LogP contribution in [0.15, 0.2) is 0 Å². The van der Waals surface area contributed by atoms with Crippen LogP contribution in [0.2, 0.25) is 0 Å². The molecule has 1 N–H and O–H groups in total. The summed E-state index contributed by atoms with van der Waals surface area (Å²) < 4.78 is 0. The number of aliphatic hydroxyl groups excluding tert-OH is 1. The van der Waals surface area contributed by atoms with E-state index in [-0.39, 0.29) is 5.41 Å². The monoisotopic (exact) mass is 306 g/mol. The minimum atomic E-state index is 0.180. The topological polar surface area (TPSA) is 20.2 Å². The first kappa shape index (κ1) is 16.8. The normalized spacial score (nSPS) is 51.0. The van der Waals surface area contributed by atoms with Crippen molar-refractivity contribution in [1.29, 1.82) is 0 Å². The van der Waals surface area contributed by atoms with Gasteiger partial charge in [0.05, 0.1) is 0 Å². The van der Waals surface area contributed by atoms with E-state index >= 15 is 0 Å². The van der Waals surface area contributed by atoms with Crippen molar-refractivity contribution in [2.75, 3.05) is 6.61 Å². The van der Waals surface area contributed by atoms with E-state index in [1.807, 2.05) is 0 Å². The van der Waals surface area contributed by atoms with Gasteiger partial charge in [-0.05, 0) is 78.4 Å². The summed E-state index contributed by atoms with van der Waals surface area (Å²) in [5.41, 5.74) is 1.77. The molecule has 0 aromatic carbocycles. The lowest BCUT2D eigenvalue weighted by atomic mass is 9.38. The molecule has 3 rings (SSSR count). The molecule has 3 saturated carbocycles. The fourth-order valence-electron chi connectivity index (χ4n) is 7.58. The summed E-state index contributed by atoms with van der Waals surface area (Å²) in [6.07, 6.45) is 12.3. The van der Waals surface area contributed by atoms with Crippen LogP contribution in [0.25, 0.3) is 0 Å². The van der Waals surface area contributed by atoms with E-state index in [4.69, 9.17) is 0 Å². The van der Waals surface area contributed by atoms with Crippen LogP contribution in [0, 0.1) is 33.5 Å². The zero-order chi connectivity index (χ0) is 16.2. The first-order valence-electron chi connectivity index (χ1n) is 9.82. The molecular weight excluding hydrogens is 268 g/mol. The second-order valence-corrected chi connectivity index (χ2v) is 10.4. The second kappa shape index (κ2) is 5.23. The van der Waals surface area contributed by atoms with Crippen LogP contribution in [-0.2, 0) is 0 Å². The minimum absolute atomic E-state index is 0.180. The van der Waals surface area contributed by atoms with Crippen LogP contribution in [0.3, 0.4) is 0 Å². The number of fused-ring (bicyclic) bond motifs is 3. The third-order valence-corrected chi connectivity index (χ3v) is 8.57. The first-order chi connectivity index (χ1) is 10.2. The molecule has 0 aromatic rings. The average Bonchev–Trinajstić information content (AvgIpc) is 2.45. The second-order valence-electron chi connectivity index (χ2n) is 10.4. The number of hydrogen-bond acceptors (Lipinski definition) is 1. The predicted octanol–water partition coefficient (Wildman–Crippen LogP) is 5.81. The quantitative estimate of drug-likeness (QED) is 0.682. The van der Waals surface area contributed by atoms with Gasteiger partial charge in [-0.2, -0.15) is 0 Å². The lowest BCUT2D eigenvalue weighted by Gasteiger charge is -2.66. The fraction of sp³-hybridized carbons (Fsp3) is 1.00. The summed E-state index contributed by atoms with van der Waals surface area (Å²) >= 11 is 0. The summed E-state index contributed by atoms with van der Waals surface area (Å²) in [7, 11) is 0. The molecule has 0 radical (unpaired) electrons. The predicted molar refractivity (Wildman–Crippen MR) is 93.7 cm³/mol. The first-order valence-corrected chi connectivity index (χ1v) is 9.82. The Morgan fingerprint density at radius 2 is 1.59 bits per heavy atom. The van der Waals surface area contributed by atoms with Crippen molar-refractivity contribution in [3.05, 3.63) is 0 Å². The smallest absolute Gasteiger partial charge is 0.0487 e. The van der Waals surface area contributed by atoms with Crippen LogP contribution >= 0.6 is 0 Å². The van der Waals surface area contributed by atoms with Gasteiger partial charge in [-0.3, -0.25) is 0 Å². The van der Waals surface area contributed by atoms with Crippen molar-refractivity contribution in [3.63, 3.8) is 0 Å². The highest BCUT2D eigenvalue weighted by Crippen LogP contribution is 2.69. The van der Waals surface area contributed by atoms with Gasteiger partial charge in [0.15, 0.2) is 0 Å². The zero-order valence-corrected chi connectivity index (χ0v) is 15.7. The standard InChI is InChI=1S/C21H38O/c1-6-21-13-9-16-19(4,15-22)10-7-11-20(16,5)17(21)8-12-18(2,3)14-21/h16-17,22H,6-15H2,1-5H3/t16?,17-,19?,20?,21?/m0/s1. The van der Waals surface area contributed by atoms with Gasteiger partial charge in [0.1, 0.15) is 0 Å². The Kier molecular flexibility index (Phi) is 3.99. The van der Waals surface area contributed by atoms with E-state index in [2.05, 4.69) is 34.6 Å². The molecular formula is C21H38O. The molecule has 4 unspecified atom stereocenters. The summed E-state index contributed by atoms with van der Waals surface area (Å²) in [6, 6.07) is 0. The number of rotatable bonds is 2. The number of aliphatic hydroxyl groups is 1. The van der Waals surface area contributed by atoms with E-state index in [0.29, 0.717) is 22.9 Å². The molecule has 0 amide bonds. The van der Waals surface area contributed by atoms with Crippen molar-refractivity contribution in [1.82, 2.24) is 0 Å². The van der Waals surface area contributed by atoms with Gasteiger partial charge in [0, 0.05) is 6.61 Å². The molecule has 5 atom stereocenters. The highest BCUT2D eigenvalue weighted by molar-refractivity contribution is 5.11. The summed E-state index contributed by atoms with van der Waals surface area (Å²) in [6.45, 7) is 12.8. The Morgan fingerprint density at radius 1 is 0.909 bits per heavy atom. The van der Waals surface area contributed by atoms with Crippen LogP contribution < -0.4 is 0 Å². The molecule has 0 spiro atoms. The van der Waals surface area contributed by atoms with Crippen LogP contribution in [0.1, 0.15) is 92.4 Å². The van der Waals surface area contributed by atoms with Gasteiger partial charge < -0.3 is 5.11 Å². The third kappa shape index (κ3) is 2.29. The summed E-state index contributed by atoms with van der Waals surface area (Å²) in [5.74, 6) is 1.63. The van der Waals surface area contributed by atoms with Gasteiger partial charge in [-0.25, -0.2) is 0 Å². The number of hydrogen-bond donors (Lipinski definition) is 1. The largest absolute Gasteiger partial charge is 0.396 e. The average molecular weight is 307 g/mol. The zero-order valence-electron chi connectivity index (χ0n) is 15.7. The van der Waals surface area contributed by atoms with E-state index in [1.165, 1.54) is 57.8 Å². The molecule has 0 aliphatic heterocycles. The Labute approximate surface area is 138 Å². The van der Waals surface area contributed by atoms with Crippen molar-refractivity contribution < 1.29 is 5.11 Å². The maximum atomic E-state index is 10.1. The Morgan fingerprint density at radius 3 is 2.23 bits per heavy atom. The summed E-state index contributed by atoms with van der Waals surface area (Å²) in [5, 5.41) is 10.1. The molecule has 128 valence electrons. The van der Waals surface area contributed by atoms with Gasteiger partial charge >= 0.3 is 0 Å². The summed E-state index contributed by atoms with van der Waals surface area (Å²) in [4.78, 5) is 0. The van der Waals surface area contributed by atoms with E-state index in [0.717, 1.165) is 11.8 Å². The molecule has 0 heterocycles. The highest BCUT2D eigenvalue weighted by Gasteiger charge is 2.61. The molecule has 1 heteroatoms. The molecule has 0 saturated heterocycles. The van der Waals surface area contributed by atoms with E-state index in [9.17, 15) is 5.11 Å². The van der Waals surface area contributed by atoms with Crippen molar-refractivity contribution >= 4 is 0 Å². The molecule has 0 aromatic heterocycles. The maximum Gasteiger partial charge on any atom is 0.0487 e. The SMILES string of the molecule is CCC12CCC3C(C)(CO)CCCC3(C)[C@@H]1CCC(C)(C)C2. The Bertz CT molecular complexity index is 428. The van der Waals surface area contributed by atoms with E-state index in [1.54, 1.807) is 0 Å².